The number of allylic oxidation sites excluding steroid dienone is 2. The van der Waals surface area contributed by atoms with Crippen LogP contribution in [-0.2, 0) is 7.05 Å². The fourth-order valence-electron chi connectivity index (χ4n) is 3.14. The van der Waals surface area contributed by atoms with E-state index >= 15 is 0 Å². The first-order valence-corrected chi connectivity index (χ1v) is 10.1. The highest BCUT2D eigenvalue weighted by Gasteiger charge is 2.18. The number of hydrogen-bond acceptors (Lipinski definition) is 3. The summed E-state index contributed by atoms with van der Waals surface area (Å²) in [6.07, 6.45) is 5.61. The number of para-hydroxylation sites is 2. The topological polar surface area (TPSA) is 15.9 Å². The number of thiazole rings is 1. The van der Waals surface area contributed by atoms with Crippen LogP contribution in [0.1, 0.15) is 23.9 Å². The molecule has 1 aliphatic heterocycles. The molecule has 1 aliphatic rings. The summed E-state index contributed by atoms with van der Waals surface area (Å²) >= 11 is 3.66. The van der Waals surface area contributed by atoms with Crippen LogP contribution in [0.25, 0.3) is 16.3 Å². The van der Waals surface area contributed by atoms with Crippen molar-refractivity contribution in [1.82, 2.24) is 0 Å². The Bertz CT molecular complexity index is 985. The van der Waals surface area contributed by atoms with Crippen molar-refractivity contribution in [3.63, 3.8) is 0 Å². The molecule has 25 heavy (non-hydrogen) atoms. The number of nitrogens with zero attached hydrogens (tertiary/aromatic N) is 1. The summed E-state index contributed by atoms with van der Waals surface area (Å²) in [4.78, 5) is 1.30. The van der Waals surface area contributed by atoms with E-state index in [-0.39, 0.29) is 0 Å². The molecule has 0 spiro atoms. The van der Waals surface area contributed by atoms with Crippen molar-refractivity contribution in [2.45, 2.75) is 25.2 Å². The van der Waals surface area contributed by atoms with E-state index in [1.165, 1.54) is 42.0 Å². The van der Waals surface area contributed by atoms with E-state index in [1.807, 2.05) is 23.1 Å². The number of rotatable bonds is 3. The highest BCUT2D eigenvalue weighted by molar-refractivity contribution is 8.03. The molecule has 1 aromatic heterocycles. The summed E-state index contributed by atoms with van der Waals surface area (Å²) < 4.78 is 3.66. The van der Waals surface area contributed by atoms with Gasteiger partial charge in [0.05, 0.1) is 10.7 Å². The molecule has 1 N–H and O–H groups in total. The highest BCUT2D eigenvalue weighted by atomic mass is 32.2. The van der Waals surface area contributed by atoms with Gasteiger partial charge in [-0.2, -0.15) is 4.57 Å². The van der Waals surface area contributed by atoms with Gasteiger partial charge in [0.25, 0.3) is 5.01 Å². The SMILES string of the molecule is CCC(=Cc1sc2cccc(C)c2[n+]1C)C=C1Nc2ccccc2S1. The standard InChI is InChI=1S/C21H20N2S2/c1-4-15(12-19-22-16-9-5-6-10-17(16)24-19)13-20-23(3)21-14(2)8-7-11-18(21)25-20/h5-13H,4H2,1-3H3/p+1. The van der Waals surface area contributed by atoms with Gasteiger partial charge in [0.1, 0.15) is 11.7 Å². The van der Waals surface area contributed by atoms with Gasteiger partial charge in [0, 0.05) is 16.5 Å². The first kappa shape index (κ1) is 16.4. The lowest BCUT2D eigenvalue weighted by molar-refractivity contribution is -0.642. The zero-order chi connectivity index (χ0) is 17.4. The van der Waals surface area contributed by atoms with Crippen LogP contribution in [0.15, 0.2) is 64.0 Å². The Kier molecular flexibility index (Phi) is 4.40. The Hall–Kier alpha value is -2.04. The third-order valence-electron chi connectivity index (χ3n) is 4.48. The minimum Gasteiger partial charge on any atom is -0.349 e. The average Bonchev–Trinajstić information content (AvgIpc) is 3.16. The number of nitrogens with one attached hydrogen (secondary N) is 1. The van der Waals surface area contributed by atoms with Crippen LogP contribution >= 0.6 is 23.1 Å². The average molecular weight is 366 g/mol. The second-order valence-corrected chi connectivity index (χ2v) is 8.37. The predicted molar refractivity (Wildman–Crippen MR) is 110 cm³/mol. The molecule has 4 heteroatoms. The van der Waals surface area contributed by atoms with Gasteiger partial charge in [-0.15, -0.1) is 0 Å². The lowest BCUT2D eigenvalue weighted by atomic mass is 10.2. The molecule has 126 valence electrons. The molecule has 0 atom stereocenters. The summed E-state index contributed by atoms with van der Waals surface area (Å²) in [5.41, 5.74) is 5.21. The Morgan fingerprint density at radius 1 is 1.16 bits per heavy atom. The molecule has 0 bridgehead atoms. The third-order valence-corrected chi connectivity index (χ3v) is 6.65. The van der Waals surface area contributed by atoms with Gasteiger partial charge < -0.3 is 5.32 Å². The second-order valence-electron chi connectivity index (χ2n) is 6.23. The van der Waals surface area contributed by atoms with Crippen LogP contribution in [0.4, 0.5) is 5.69 Å². The van der Waals surface area contributed by atoms with E-state index in [4.69, 9.17) is 0 Å². The molecule has 0 saturated carbocycles. The Labute approximate surface area is 156 Å². The molecule has 2 aromatic carbocycles. The maximum absolute atomic E-state index is 3.52. The van der Waals surface area contributed by atoms with Gasteiger partial charge in [-0.3, -0.25) is 0 Å². The summed E-state index contributed by atoms with van der Waals surface area (Å²) in [7, 11) is 2.16. The number of aromatic nitrogens is 1. The molecule has 0 unspecified atom stereocenters. The lowest BCUT2D eigenvalue weighted by Crippen LogP contribution is -2.29. The number of benzene rings is 2. The Morgan fingerprint density at radius 3 is 2.76 bits per heavy atom. The number of hydrogen-bond donors (Lipinski definition) is 1. The zero-order valence-corrected chi connectivity index (χ0v) is 16.3. The van der Waals surface area contributed by atoms with Crippen LogP contribution in [-0.4, -0.2) is 0 Å². The normalized spacial score (nSPS) is 15.6. The number of thioether (sulfide) groups is 1. The summed E-state index contributed by atoms with van der Waals surface area (Å²) in [5, 5.41) is 6.01. The summed E-state index contributed by atoms with van der Waals surface area (Å²) in [6.45, 7) is 4.40. The summed E-state index contributed by atoms with van der Waals surface area (Å²) in [5.74, 6) is 0. The molecular weight excluding hydrogens is 344 g/mol. The van der Waals surface area contributed by atoms with Crippen molar-refractivity contribution in [1.29, 1.82) is 0 Å². The molecule has 0 radical (unpaired) electrons. The number of fused-ring (bicyclic) bond motifs is 2. The first-order valence-electron chi connectivity index (χ1n) is 8.50. The van der Waals surface area contributed by atoms with Crippen molar-refractivity contribution >= 4 is 45.1 Å². The van der Waals surface area contributed by atoms with Crippen LogP contribution in [0.5, 0.6) is 0 Å². The fourth-order valence-corrected chi connectivity index (χ4v) is 5.32. The van der Waals surface area contributed by atoms with E-state index in [9.17, 15) is 0 Å². The van der Waals surface area contributed by atoms with E-state index in [0.717, 1.165) is 6.42 Å². The largest absolute Gasteiger partial charge is 0.349 e. The monoisotopic (exact) mass is 365 g/mol. The molecule has 4 rings (SSSR count). The van der Waals surface area contributed by atoms with Crippen LogP contribution < -0.4 is 9.88 Å². The number of anilines is 1. The number of aryl methyl sites for hydroxylation is 2. The van der Waals surface area contributed by atoms with Gasteiger partial charge in [0.15, 0.2) is 0 Å². The highest BCUT2D eigenvalue weighted by Crippen LogP contribution is 2.41. The first-order chi connectivity index (χ1) is 12.2. The minimum absolute atomic E-state index is 1.01. The molecule has 0 fully saturated rings. The quantitative estimate of drug-likeness (QED) is 0.583. The molecule has 3 aromatic rings. The molecule has 2 heterocycles. The lowest BCUT2D eigenvalue weighted by Gasteiger charge is -2.00. The van der Waals surface area contributed by atoms with Crippen LogP contribution in [0.2, 0.25) is 0 Å². The summed E-state index contributed by atoms with van der Waals surface area (Å²) in [6, 6.07) is 15.0. The van der Waals surface area contributed by atoms with Crippen molar-refractivity contribution < 1.29 is 4.57 Å². The van der Waals surface area contributed by atoms with Gasteiger partial charge in [-0.1, -0.05) is 54.3 Å². The van der Waals surface area contributed by atoms with Gasteiger partial charge in [-0.05, 0) is 43.2 Å². The smallest absolute Gasteiger partial charge is 0.262 e. The Morgan fingerprint density at radius 2 is 2.00 bits per heavy atom. The fraction of sp³-hybridized carbons (Fsp3) is 0.190. The van der Waals surface area contributed by atoms with Crippen LogP contribution in [0.3, 0.4) is 0 Å². The molecular formula is C21H21N2S2+. The van der Waals surface area contributed by atoms with E-state index in [1.54, 1.807) is 0 Å². The molecule has 2 nitrogen and oxygen atoms in total. The van der Waals surface area contributed by atoms with Gasteiger partial charge >= 0.3 is 0 Å². The minimum atomic E-state index is 1.01. The molecule has 0 aliphatic carbocycles. The Balaban J connectivity index is 1.69. The zero-order valence-electron chi connectivity index (χ0n) is 14.7. The van der Waals surface area contributed by atoms with E-state index < -0.39 is 0 Å². The molecule has 0 amide bonds. The van der Waals surface area contributed by atoms with Crippen molar-refractivity contribution in [2.24, 2.45) is 7.05 Å². The van der Waals surface area contributed by atoms with E-state index in [2.05, 4.69) is 85.4 Å². The predicted octanol–water partition coefficient (Wildman–Crippen LogP) is 5.89. The van der Waals surface area contributed by atoms with Crippen LogP contribution in [0, 0.1) is 6.92 Å². The van der Waals surface area contributed by atoms with Gasteiger partial charge in [-0.25, -0.2) is 0 Å². The van der Waals surface area contributed by atoms with Gasteiger partial charge in [0.2, 0.25) is 5.52 Å². The van der Waals surface area contributed by atoms with Crippen molar-refractivity contribution in [2.75, 3.05) is 5.32 Å². The molecule has 0 saturated heterocycles. The second kappa shape index (κ2) is 6.70. The van der Waals surface area contributed by atoms with E-state index in [0.29, 0.717) is 0 Å². The third kappa shape index (κ3) is 3.12. The van der Waals surface area contributed by atoms with Crippen molar-refractivity contribution in [3.8, 4) is 0 Å². The maximum atomic E-state index is 3.52. The maximum Gasteiger partial charge on any atom is 0.262 e. The van der Waals surface area contributed by atoms with Crippen molar-refractivity contribution in [3.05, 3.63) is 69.7 Å².